The van der Waals surface area contributed by atoms with Crippen LogP contribution >= 0.6 is 0 Å². The Bertz CT molecular complexity index is 637. The minimum atomic E-state index is -0.177. The van der Waals surface area contributed by atoms with Gasteiger partial charge in [-0.1, -0.05) is 17.7 Å². The normalized spacial score (nSPS) is 10.5. The summed E-state index contributed by atoms with van der Waals surface area (Å²) in [7, 11) is 4.08. The third-order valence-corrected chi connectivity index (χ3v) is 3.45. The van der Waals surface area contributed by atoms with E-state index in [2.05, 4.69) is 15.5 Å². The third kappa shape index (κ3) is 6.30. The van der Waals surface area contributed by atoms with Crippen molar-refractivity contribution in [2.45, 2.75) is 6.92 Å². The molecule has 1 amide bonds. The minimum absolute atomic E-state index is 0.00804. The van der Waals surface area contributed by atoms with Gasteiger partial charge < -0.3 is 20.3 Å². The number of rotatable bonds is 8. The Labute approximate surface area is 143 Å². The van der Waals surface area contributed by atoms with Crippen molar-refractivity contribution in [3.63, 3.8) is 0 Å². The van der Waals surface area contributed by atoms with Crippen LogP contribution < -0.4 is 15.4 Å². The van der Waals surface area contributed by atoms with E-state index in [1.807, 2.05) is 69.6 Å². The number of carbonyl (C=O) groups excluding carboxylic acids is 1. The van der Waals surface area contributed by atoms with Crippen molar-refractivity contribution >= 4 is 17.3 Å². The highest BCUT2D eigenvalue weighted by atomic mass is 16.5. The van der Waals surface area contributed by atoms with Crippen molar-refractivity contribution < 1.29 is 9.53 Å². The number of amides is 1. The van der Waals surface area contributed by atoms with E-state index in [9.17, 15) is 4.79 Å². The van der Waals surface area contributed by atoms with Crippen molar-refractivity contribution in [1.82, 2.24) is 4.90 Å². The summed E-state index contributed by atoms with van der Waals surface area (Å²) in [5.41, 5.74) is 2.95. The van der Waals surface area contributed by atoms with Crippen LogP contribution in [-0.4, -0.2) is 44.6 Å². The Morgan fingerprint density at radius 1 is 1.00 bits per heavy atom. The molecule has 0 heterocycles. The monoisotopic (exact) mass is 327 g/mol. The van der Waals surface area contributed by atoms with Crippen molar-refractivity contribution in [2.75, 3.05) is 44.4 Å². The molecule has 2 N–H and O–H groups in total. The molecule has 2 aromatic rings. The summed E-state index contributed by atoms with van der Waals surface area (Å²) >= 11 is 0. The summed E-state index contributed by atoms with van der Waals surface area (Å²) in [6.07, 6.45) is 0. The summed E-state index contributed by atoms with van der Waals surface area (Å²) in [4.78, 5) is 14.0. The molecule has 0 unspecified atom stereocenters. The lowest BCUT2D eigenvalue weighted by Gasteiger charge is -2.12. The third-order valence-electron chi connectivity index (χ3n) is 3.45. The highest BCUT2D eigenvalue weighted by Crippen LogP contribution is 2.14. The summed E-state index contributed by atoms with van der Waals surface area (Å²) in [5.74, 6) is 0.514. The lowest BCUT2D eigenvalue weighted by Crippen LogP contribution is -2.21. The number of likely N-dealkylation sites (N-methyl/N-ethyl adjacent to an activating group) is 1. The van der Waals surface area contributed by atoms with Gasteiger partial charge in [-0.15, -0.1) is 0 Å². The van der Waals surface area contributed by atoms with Gasteiger partial charge in [0.05, 0.1) is 0 Å². The molecular formula is C19H25N3O2. The van der Waals surface area contributed by atoms with Crippen molar-refractivity contribution in [3.8, 4) is 5.75 Å². The van der Waals surface area contributed by atoms with Crippen LogP contribution in [0.1, 0.15) is 5.56 Å². The van der Waals surface area contributed by atoms with Gasteiger partial charge in [-0.2, -0.15) is 0 Å². The van der Waals surface area contributed by atoms with Crippen LogP contribution in [0.15, 0.2) is 48.5 Å². The molecule has 0 spiro atoms. The molecule has 24 heavy (non-hydrogen) atoms. The van der Waals surface area contributed by atoms with Crippen LogP contribution in [0.2, 0.25) is 0 Å². The smallest absolute Gasteiger partial charge is 0.262 e. The molecule has 0 saturated heterocycles. The fourth-order valence-corrected chi connectivity index (χ4v) is 2.08. The fourth-order valence-electron chi connectivity index (χ4n) is 2.08. The first kappa shape index (κ1) is 17.8. The highest BCUT2D eigenvalue weighted by molar-refractivity contribution is 5.92. The quantitative estimate of drug-likeness (QED) is 0.783. The van der Waals surface area contributed by atoms with Crippen molar-refractivity contribution in [1.29, 1.82) is 0 Å². The maximum Gasteiger partial charge on any atom is 0.262 e. The highest BCUT2D eigenvalue weighted by Gasteiger charge is 2.04. The topological polar surface area (TPSA) is 53.6 Å². The second-order valence-corrected chi connectivity index (χ2v) is 5.96. The van der Waals surface area contributed by atoms with E-state index >= 15 is 0 Å². The molecule has 0 aliphatic rings. The van der Waals surface area contributed by atoms with E-state index in [1.165, 1.54) is 0 Å². The molecule has 0 aliphatic carbocycles. The first-order chi connectivity index (χ1) is 11.5. The molecular weight excluding hydrogens is 302 g/mol. The van der Waals surface area contributed by atoms with Crippen LogP contribution in [0.4, 0.5) is 11.4 Å². The number of nitrogens with one attached hydrogen (secondary N) is 2. The molecule has 0 atom stereocenters. The molecule has 0 radical (unpaired) electrons. The zero-order valence-corrected chi connectivity index (χ0v) is 14.5. The Balaban J connectivity index is 1.76. The van der Waals surface area contributed by atoms with Gasteiger partial charge in [-0.3, -0.25) is 4.79 Å². The first-order valence-electron chi connectivity index (χ1n) is 8.01. The van der Waals surface area contributed by atoms with Crippen LogP contribution in [0.5, 0.6) is 5.75 Å². The fraction of sp³-hybridized carbons (Fsp3) is 0.316. The summed E-state index contributed by atoms with van der Waals surface area (Å²) in [6.45, 7) is 3.85. The van der Waals surface area contributed by atoms with Crippen LogP contribution in [0.3, 0.4) is 0 Å². The number of ether oxygens (including phenoxy) is 1. The molecule has 2 rings (SSSR count). The number of benzene rings is 2. The molecule has 0 aromatic heterocycles. The molecule has 128 valence electrons. The molecule has 5 heteroatoms. The minimum Gasteiger partial charge on any atom is -0.484 e. The predicted molar refractivity (Wildman–Crippen MR) is 98.8 cm³/mol. The summed E-state index contributed by atoms with van der Waals surface area (Å²) in [6, 6.07) is 15.3. The average Bonchev–Trinajstić information content (AvgIpc) is 2.56. The predicted octanol–water partition coefficient (Wildman–Crippen LogP) is 2.99. The van der Waals surface area contributed by atoms with Crippen LogP contribution in [0, 0.1) is 6.92 Å². The molecule has 2 aromatic carbocycles. The Hall–Kier alpha value is -2.53. The number of carbonyl (C=O) groups is 1. The zero-order chi connectivity index (χ0) is 17.4. The number of hydrogen-bond donors (Lipinski definition) is 2. The number of aryl methyl sites for hydroxylation is 1. The largest absolute Gasteiger partial charge is 0.484 e. The SMILES string of the molecule is Cc1ccc(OCC(=O)Nc2ccc(NCCN(C)C)cc2)cc1. The Morgan fingerprint density at radius 2 is 1.62 bits per heavy atom. The van der Waals surface area contributed by atoms with E-state index in [4.69, 9.17) is 4.74 Å². The summed E-state index contributed by atoms with van der Waals surface area (Å²) in [5, 5.41) is 6.15. The van der Waals surface area contributed by atoms with Gasteiger partial charge in [0.25, 0.3) is 5.91 Å². The molecule has 0 bridgehead atoms. The average molecular weight is 327 g/mol. The number of nitrogens with zero attached hydrogens (tertiary/aromatic N) is 1. The molecule has 0 aliphatic heterocycles. The van der Waals surface area contributed by atoms with Gasteiger partial charge >= 0.3 is 0 Å². The van der Waals surface area contributed by atoms with Crippen LogP contribution in [0.25, 0.3) is 0 Å². The van der Waals surface area contributed by atoms with Crippen molar-refractivity contribution in [2.24, 2.45) is 0 Å². The van der Waals surface area contributed by atoms with E-state index in [-0.39, 0.29) is 12.5 Å². The van der Waals surface area contributed by atoms with Crippen LogP contribution in [-0.2, 0) is 4.79 Å². The van der Waals surface area contributed by atoms with E-state index < -0.39 is 0 Å². The lowest BCUT2D eigenvalue weighted by atomic mass is 10.2. The maximum absolute atomic E-state index is 11.9. The molecule has 5 nitrogen and oxygen atoms in total. The second-order valence-electron chi connectivity index (χ2n) is 5.96. The summed E-state index contributed by atoms with van der Waals surface area (Å²) < 4.78 is 5.47. The number of hydrogen-bond acceptors (Lipinski definition) is 4. The number of anilines is 2. The second kappa shape index (κ2) is 8.93. The van der Waals surface area contributed by atoms with Crippen molar-refractivity contribution in [3.05, 3.63) is 54.1 Å². The lowest BCUT2D eigenvalue weighted by molar-refractivity contribution is -0.118. The van der Waals surface area contributed by atoms with Gasteiger partial charge in [0, 0.05) is 24.5 Å². The van der Waals surface area contributed by atoms with Gasteiger partial charge in [0.1, 0.15) is 5.75 Å². The van der Waals surface area contributed by atoms with E-state index in [0.29, 0.717) is 5.75 Å². The van der Waals surface area contributed by atoms with Gasteiger partial charge in [0.2, 0.25) is 0 Å². The molecule has 0 fully saturated rings. The maximum atomic E-state index is 11.9. The molecule has 0 saturated carbocycles. The Kier molecular flexibility index (Phi) is 6.63. The van der Waals surface area contributed by atoms with E-state index in [1.54, 1.807) is 0 Å². The zero-order valence-electron chi connectivity index (χ0n) is 14.5. The first-order valence-corrected chi connectivity index (χ1v) is 8.01. The van der Waals surface area contributed by atoms with Gasteiger partial charge in [-0.25, -0.2) is 0 Å². The van der Waals surface area contributed by atoms with E-state index in [0.717, 1.165) is 30.0 Å². The standard InChI is InChI=1S/C19H25N3O2/c1-15-4-10-18(11-5-15)24-14-19(23)21-17-8-6-16(7-9-17)20-12-13-22(2)3/h4-11,20H,12-14H2,1-3H3,(H,21,23). The van der Waals surface area contributed by atoms with Gasteiger partial charge in [0.15, 0.2) is 6.61 Å². The Morgan fingerprint density at radius 3 is 2.25 bits per heavy atom. The van der Waals surface area contributed by atoms with Gasteiger partial charge in [-0.05, 0) is 57.4 Å².